The van der Waals surface area contributed by atoms with Crippen LogP contribution in [0, 0.1) is 0 Å². The van der Waals surface area contributed by atoms with Crippen LogP contribution in [-0.2, 0) is 27.8 Å². The third kappa shape index (κ3) is 6.37. The van der Waals surface area contributed by atoms with Crippen LogP contribution in [0.1, 0.15) is 12.5 Å². The number of hydrogen-bond donors (Lipinski definition) is 2. The zero-order valence-corrected chi connectivity index (χ0v) is 21.9. The molecule has 0 radical (unpaired) electrons. The molecule has 1 amide bonds. The average Bonchev–Trinajstić information content (AvgIpc) is 2.88. The van der Waals surface area contributed by atoms with Gasteiger partial charge in [0.25, 0.3) is 5.56 Å². The molecule has 11 heteroatoms. The molecule has 0 fully saturated rings. The number of rotatable bonds is 9. The fourth-order valence-corrected chi connectivity index (χ4v) is 5.10. The Morgan fingerprint density at radius 3 is 2.41 bits per heavy atom. The molecule has 4 aromatic rings. The van der Waals surface area contributed by atoms with Crippen LogP contribution in [0.15, 0.2) is 87.6 Å². The molecule has 1 heterocycles. The van der Waals surface area contributed by atoms with Crippen LogP contribution in [0.5, 0.6) is 5.75 Å². The number of carbonyl (C=O) groups is 1. The van der Waals surface area contributed by atoms with Crippen LogP contribution in [0.25, 0.3) is 10.9 Å². The lowest BCUT2D eigenvalue weighted by Gasteiger charge is -2.17. The third-order valence-electron chi connectivity index (χ3n) is 5.71. The van der Waals surface area contributed by atoms with Crippen molar-refractivity contribution in [1.29, 1.82) is 0 Å². The van der Waals surface area contributed by atoms with Crippen LogP contribution < -0.4 is 20.8 Å². The summed E-state index contributed by atoms with van der Waals surface area (Å²) in [5.74, 6) is 0.451. The Morgan fingerprint density at radius 1 is 1.08 bits per heavy atom. The molecule has 3 aromatic carbocycles. The van der Waals surface area contributed by atoms with E-state index in [0.29, 0.717) is 40.5 Å². The number of nitrogens with one attached hydrogen (secondary N) is 1. The maximum Gasteiger partial charge on any atom is 0.262 e. The molecular formula is C26H26N4O5S2. The molecule has 0 aliphatic heterocycles. The van der Waals surface area contributed by atoms with Crippen molar-refractivity contribution in [2.45, 2.75) is 35.2 Å². The van der Waals surface area contributed by atoms with Crippen molar-refractivity contribution in [1.82, 2.24) is 9.55 Å². The van der Waals surface area contributed by atoms with E-state index in [9.17, 15) is 18.0 Å². The van der Waals surface area contributed by atoms with Crippen LogP contribution >= 0.6 is 11.8 Å². The summed E-state index contributed by atoms with van der Waals surface area (Å²) in [6, 6.07) is 20.3. The first-order chi connectivity index (χ1) is 17.7. The Hall–Kier alpha value is -3.67. The number of aryl methyl sites for hydroxylation is 1. The predicted octanol–water partition coefficient (Wildman–Crippen LogP) is 3.41. The van der Waals surface area contributed by atoms with Gasteiger partial charge in [-0.2, -0.15) is 0 Å². The molecule has 0 spiro atoms. The Balaban J connectivity index is 1.57. The van der Waals surface area contributed by atoms with Crippen LogP contribution in [0.2, 0.25) is 0 Å². The molecule has 9 nitrogen and oxygen atoms in total. The highest BCUT2D eigenvalue weighted by Crippen LogP contribution is 2.25. The second-order valence-corrected chi connectivity index (χ2v) is 11.2. The number of carbonyl (C=O) groups excluding carboxylic acids is 1. The maximum absolute atomic E-state index is 13.4. The van der Waals surface area contributed by atoms with Crippen molar-refractivity contribution in [2.24, 2.45) is 5.14 Å². The van der Waals surface area contributed by atoms with Crippen molar-refractivity contribution in [2.75, 3.05) is 12.4 Å². The van der Waals surface area contributed by atoms with Gasteiger partial charge in [0.2, 0.25) is 15.9 Å². The Labute approximate surface area is 218 Å². The number of nitrogens with two attached hydrogens (primary N) is 1. The van der Waals surface area contributed by atoms with Crippen molar-refractivity contribution in [3.8, 4) is 5.75 Å². The van der Waals surface area contributed by atoms with Crippen molar-refractivity contribution >= 4 is 44.3 Å². The van der Waals surface area contributed by atoms with Gasteiger partial charge in [-0.05, 0) is 67.4 Å². The zero-order valence-electron chi connectivity index (χ0n) is 20.2. The van der Waals surface area contributed by atoms with Crippen LogP contribution in [0.3, 0.4) is 0 Å². The highest BCUT2D eigenvalue weighted by atomic mass is 32.2. The summed E-state index contributed by atoms with van der Waals surface area (Å²) < 4.78 is 29.7. The molecule has 192 valence electrons. The molecule has 4 rings (SSSR count). The summed E-state index contributed by atoms with van der Waals surface area (Å²) in [5.41, 5.74) is 1.79. The Bertz CT molecular complexity index is 1580. The topological polar surface area (TPSA) is 133 Å². The van der Waals surface area contributed by atoms with Crippen LogP contribution in [-0.4, -0.2) is 36.2 Å². The number of anilines is 1. The number of sulfonamides is 1. The normalized spacial score (nSPS) is 12.3. The zero-order chi connectivity index (χ0) is 26.6. The molecule has 0 bridgehead atoms. The molecule has 0 aliphatic carbocycles. The van der Waals surface area contributed by atoms with Gasteiger partial charge in [0.15, 0.2) is 5.16 Å². The minimum Gasteiger partial charge on any atom is -0.497 e. The maximum atomic E-state index is 13.4. The van der Waals surface area contributed by atoms with E-state index in [1.165, 1.54) is 23.9 Å². The van der Waals surface area contributed by atoms with Gasteiger partial charge in [-0.3, -0.25) is 14.2 Å². The molecule has 0 aliphatic rings. The lowest BCUT2D eigenvalue weighted by molar-refractivity contribution is -0.115. The first kappa shape index (κ1) is 26.4. The Kier molecular flexibility index (Phi) is 7.96. The van der Waals surface area contributed by atoms with E-state index in [0.717, 1.165) is 5.56 Å². The summed E-state index contributed by atoms with van der Waals surface area (Å²) in [4.78, 5) is 30.9. The standard InChI is InChI=1S/C26H26N4O5S2/c1-17(24(31)28-19-9-11-20(35-2)12-10-19)36-26-29-23-6-4-3-5-22(23)25(32)30(26)16-15-18-7-13-21(14-8-18)37(27,33)34/h3-14,17H,15-16H2,1-2H3,(H,28,31)(H2,27,33,34). The lowest BCUT2D eigenvalue weighted by Crippen LogP contribution is -2.27. The SMILES string of the molecule is COc1ccc(NC(=O)C(C)Sc2nc3ccccc3c(=O)n2CCc2ccc(S(N)(=O)=O)cc2)cc1. The van der Waals surface area contributed by atoms with E-state index in [4.69, 9.17) is 9.88 Å². The molecule has 0 saturated carbocycles. The second kappa shape index (κ2) is 11.2. The van der Waals surface area contributed by atoms with Gasteiger partial charge in [-0.25, -0.2) is 18.5 Å². The number of methoxy groups -OCH3 is 1. The molecular weight excluding hydrogens is 512 g/mol. The molecule has 37 heavy (non-hydrogen) atoms. The molecule has 0 saturated heterocycles. The van der Waals surface area contributed by atoms with Crippen molar-refractivity contribution in [3.63, 3.8) is 0 Å². The molecule has 1 atom stereocenters. The number of amides is 1. The monoisotopic (exact) mass is 538 g/mol. The van der Waals surface area contributed by atoms with E-state index in [2.05, 4.69) is 10.3 Å². The first-order valence-electron chi connectivity index (χ1n) is 11.4. The fraction of sp³-hybridized carbons (Fsp3) is 0.192. The van der Waals surface area contributed by atoms with Gasteiger partial charge in [0.1, 0.15) is 5.75 Å². The molecule has 1 unspecified atom stereocenters. The number of hydrogen-bond acceptors (Lipinski definition) is 7. The summed E-state index contributed by atoms with van der Waals surface area (Å²) in [5, 5.41) is 8.40. The smallest absolute Gasteiger partial charge is 0.262 e. The number of fused-ring (bicyclic) bond motifs is 1. The summed E-state index contributed by atoms with van der Waals surface area (Å²) in [6.07, 6.45) is 0.449. The van der Waals surface area contributed by atoms with E-state index < -0.39 is 15.3 Å². The van der Waals surface area contributed by atoms with Gasteiger partial charge in [-0.1, -0.05) is 36.0 Å². The molecule has 1 aromatic heterocycles. The minimum atomic E-state index is -3.79. The number of para-hydroxylation sites is 1. The fourth-order valence-electron chi connectivity index (χ4n) is 3.65. The highest BCUT2D eigenvalue weighted by molar-refractivity contribution is 8.00. The van der Waals surface area contributed by atoms with Gasteiger partial charge in [0.05, 0.1) is 28.2 Å². The summed E-state index contributed by atoms with van der Waals surface area (Å²) in [6.45, 7) is 2.04. The minimum absolute atomic E-state index is 0.0220. The summed E-state index contributed by atoms with van der Waals surface area (Å²) >= 11 is 1.19. The number of thioether (sulfide) groups is 1. The van der Waals surface area contributed by atoms with Crippen LogP contribution in [0.4, 0.5) is 5.69 Å². The second-order valence-electron chi connectivity index (χ2n) is 8.29. The van der Waals surface area contributed by atoms with E-state index in [1.54, 1.807) is 79.3 Å². The molecule has 3 N–H and O–H groups in total. The number of aromatic nitrogens is 2. The van der Waals surface area contributed by atoms with Gasteiger partial charge in [0, 0.05) is 12.2 Å². The highest BCUT2D eigenvalue weighted by Gasteiger charge is 2.20. The van der Waals surface area contributed by atoms with Crippen molar-refractivity contribution < 1.29 is 17.9 Å². The first-order valence-corrected chi connectivity index (χ1v) is 13.8. The van der Waals surface area contributed by atoms with E-state index in [-0.39, 0.29) is 16.4 Å². The number of benzene rings is 3. The lowest BCUT2D eigenvalue weighted by atomic mass is 10.1. The van der Waals surface area contributed by atoms with Gasteiger partial charge < -0.3 is 10.1 Å². The van der Waals surface area contributed by atoms with Crippen molar-refractivity contribution in [3.05, 3.63) is 88.7 Å². The average molecular weight is 539 g/mol. The predicted molar refractivity (Wildman–Crippen MR) is 144 cm³/mol. The number of ether oxygens (including phenoxy) is 1. The number of nitrogens with zero attached hydrogens (tertiary/aromatic N) is 2. The van der Waals surface area contributed by atoms with Gasteiger partial charge in [-0.15, -0.1) is 0 Å². The Morgan fingerprint density at radius 2 is 1.76 bits per heavy atom. The van der Waals surface area contributed by atoms with E-state index in [1.807, 2.05) is 0 Å². The number of primary sulfonamides is 1. The largest absolute Gasteiger partial charge is 0.497 e. The van der Waals surface area contributed by atoms with Gasteiger partial charge >= 0.3 is 0 Å². The summed E-state index contributed by atoms with van der Waals surface area (Å²) in [7, 11) is -2.21. The quantitative estimate of drug-likeness (QED) is 0.246. The van der Waals surface area contributed by atoms with E-state index >= 15 is 0 Å². The third-order valence-corrected chi connectivity index (χ3v) is 7.73.